The molecule has 0 aromatic heterocycles. The summed E-state index contributed by atoms with van der Waals surface area (Å²) < 4.78 is 77.1. The Labute approximate surface area is 60.9 Å². The van der Waals surface area contributed by atoms with Crippen LogP contribution in [0.4, 0.5) is 26.3 Å². The normalized spacial score (nSPS) is 13.7. The van der Waals surface area contributed by atoms with Gasteiger partial charge in [0.15, 0.2) is 0 Å². The van der Waals surface area contributed by atoms with Crippen molar-refractivity contribution in [2.24, 2.45) is 0 Å². The molecule has 0 spiro atoms. The van der Waals surface area contributed by atoms with Crippen molar-refractivity contribution < 1.29 is 30.6 Å². The lowest BCUT2D eigenvalue weighted by Gasteiger charge is -2.07. The number of rotatable bonds is 1. The molecule has 0 aliphatic rings. The van der Waals surface area contributed by atoms with Crippen molar-refractivity contribution in [3.8, 4) is 0 Å². The van der Waals surface area contributed by atoms with E-state index in [4.69, 9.17) is 0 Å². The predicted molar refractivity (Wildman–Crippen MR) is 23.9 cm³/mol. The number of alkyl halides is 6. The summed E-state index contributed by atoms with van der Waals surface area (Å²) in [6.07, 6.45) is -11.0. The van der Waals surface area contributed by atoms with Crippen molar-refractivity contribution in [1.29, 1.82) is 0 Å². The molecule has 0 aliphatic carbocycles. The van der Waals surface area contributed by atoms with E-state index in [0.717, 1.165) is 0 Å². The number of hydrogen-bond donors (Lipinski definition) is 0. The summed E-state index contributed by atoms with van der Waals surface area (Å²) in [6, 6.07) is 0. The van der Waals surface area contributed by atoms with Gasteiger partial charge < -0.3 is 0 Å². The van der Waals surface area contributed by atoms with Crippen LogP contribution in [0.1, 0.15) is 0 Å². The first-order valence-corrected chi connectivity index (χ1v) is 2.92. The molecule has 0 rings (SSSR count). The average Bonchev–Trinajstić information content (AvgIpc) is 1.56. The molecule has 0 radical (unpaired) electrons. The summed E-state index contributed by atoms with van der Waals surface area (Å²) in [4.78, 5) is 0. The summed E-state index contributed by atoms with van der Waals surface area (Å²) in [6.45, 7) is 0. The topological polar surface area (TPSA) is 17.1 Å². The molecule has 66 valence electrons. The zero-order valence-corrected chi connectivity index (χ0v) is 5.48. The third-order valence-corrected chi connectivity index (χ3v) is 1.42. The van der Waals surface area contributed by atoms with Crippen LogP contribution < -0.4 is 0 Å². The Balaban J connectivity index is 4.56. The second-order valence-electron chi connectivity index (χ2n) is 1.56. The Hall–Kier alpha value is -0.400. The van der Waals surface area contributed by atoms with Crippen molar-refractivity contribution in [3.63, 3.8) is 0 Å². The van der Waals surface area contributed by atoms with Crippen molar-refractivity contribution in [1.82, 2.24) is 0 Å². The molecule has 11 heavy (non-hydrogen) atoms. The standard InChI is InChI=1S/C3HF6OS/c4-2(5,6)1(11-10)3(7,8)9/h1H/q+1. The molecule has 0 atom stereocenters. The maximum Gasteiger partial charge on any atom is 0.482 e. The van der Waals surface area contributed by atoms with Crippen molar-refractivity contribution >= 4 is 11.7 Å². The van der Waals surface area contributed by atoms with Crippen LogP contribution in [0.25, 0.3) is 0 Å². The molecule has 0 fully saturated rings. The van der Waals surface area contributed by atoms with Gasteiger partial charge in [-0.3, -0.25) is 0 Å². The number of hydrogen-bond acceptors (Lipinski definition) is 1. The van der Waals surface area contributed by atoms with Gasteiger partial charge in [0.05, 0.1) is 0 Å². The van der Waals surface area contributed by atoms with Gasteiger partial charge in [-0.2, -0.15) is 26.3 Å². The lowest BCUT2D eigenvalue weighted by atomic mass is 10.4. The summed E-state index contributed by atoms with van der Waals surface area (Å²) in [5.41, 5.74) is 0. The monoisotopic (exact) mass is 199 g/mol. The van der Waals surface area contributed by atoms with Crippen molar-refractivity contribution in [2.45, 2.75) is 17.6 Å². The average molecular weight is 199 g/mol. The van der Waals surface area contributed by atoms with Gasteiger partial charge in [0.1, 0.15) is 0 Å². The van der Waals surface area contributed by atoms with E-state index >= 15 is 0 Å². The summed E-state index contributed by atoms with van der Waals surface area (Å²) >= 11 is -1.52. The highest BCUT2D eigenvalue weighted by Gasteiger charge is 2.67. The van der Waals surface area contributed by atoms with Crippen LogP contribution in [0.2, 0.25) is 0 Å². The first-order valence-electron chi connectivity index (χ1n) is 2.11. The van der Waals surface area contributed by atoms with E-state index < -0.39 is 29.3 Å². The van der Waals surface area contributed by atoms with Crippen LogP contribution in [0.3, 0.4) is 0 Å². The second kappa shape index (κ2) is 2.92. The van der Waals surface area contributed by atoms with E-state index in [-0.39, 0.29) is 0 Å². The first kappa shape index (κ1) is 10.6. The quantitative estimate of drug-likeness (QED) is 0.465. The maximum atomic E-state index is 11.3. The van der Waals surface area contributed by atoms with Crippen LogP contribution in [-0.4, -0.2) is 17.6 Å². The van der Waals surface area contributed by atoms with Crippen molar-refractivity contribution in [3.05, 3.63) is 0 Å². The molecule has 0 saturated carbocycles. The van der Waals surface area contributed by atoms with Gasteiger partial charge >= 0.3 is 29.3 Å². The van der Waals surface area contributed by atoms with Gasteiger partial charge in [0, 0.05) is 4.21 Å². The Morgan fingerprint density at radius 1 is 0.909 bits per heavy atom. The van der Waals surface area contributed by atoms with Gasteiger partial charge in [0.2, 0.25) is 0 Å². The molecule has 0 aliphatic heterocycles. The molecule has 8 heteroatoms. The Kier molecular flexibility index (Phi) is 2.81. The van der Waals surface area contributed by atoms with Crippen LogP contribution >= 0.6 is 0 Å². The molecule has 0 aromatic rings. The van der Waals surface area contributed by atoms with Gasteiger partial charge in [-0.05, 0) is 0 Å². The first-order chi connectivity index (χ1) is 4.69. The largest absolute Gasteiger partial charge is 0.482 e. The van der Waals surface area contributed by atoms with Crippen LogP contribution in [0, 0.1) is 0 Å². The molecular formula is C3HF6OS+. The summed E-state index contributed by atoms with van der Waals surface area (Å²) in [5, 5.41) is -3.82. The fraction of sp³-hybridized carbons (Fsp3) is 1.00. The highest BCUT2D eigenvalue weighted by molar-refractivity contribution is 7.66. The third kappa shape index (κ3) is 3.00. The highest BCUT2D eigenvalue weighted by atomic mass is 32.1. The van der Waals surface area contributed by atoms with Gasteiger partial charge in [-0.15, -0.1) is 0 Å². The van der Waals surface area contributed by atoms with Crippen LogP contribution in [0.5, 0.6) is 0 Å². The molecule has 1 nitrogen and oxygen atoms in total. The predicted octanol–water partition coefficient (Wildman–Crippen LogP) is 1.91. The van der Waals surface area contributed by atoms with Gasteiger partial charge in [0.25, 0.3) is 0 Å². The smallest absolute Gasteiger partial charge is 0.165 e. The minimum Gasteiger partial charge on any atom is -0.165 e. The minimum atomic E-state index is -5.52. The van der Waals surface area contributed by atoms with Crippen LogP contribution in [0.15, 0.2) is 0 Å². The van der Waals surface area contributed by atoms with E-state index in [2.05, 4.69) is 0 Å². The fourth-order valence-electron chi connectivity index (χ4n) is 0.295. The lowest BCUT2D eigenvalue weighted by Crippen LogP contribution is -2.41. The summed E-state index contributed by atoms with van der Waals surface area (Å²) in [7, 11) is 0. The zero-order valence-electron chi connectivity index (χ0n) is 4.66. The van der Waals surface area contributed by atoms with Crippen LogP contribution in [-0.2, 0) is 15.9 Å². The molecule has 0 aromatic carbocycles. The van der Waals surface area contributed by atoms with Gasteiger partial charge in [-0.1, -0.05) is 0 Å². The molecule has 0 saturated heterocycles. The van der Waals surface area contributed by atoms with E-state index in [9.17, 15) is 30.6 Å². The number of halogens is 6. The second-order valence-corrected chi connectivity index (χ2v) is 2.22. The van der Waals surface area contributed by atoms with E-state index in [1.807, 2.05) is 0 Å². The highest BCUT2D eigenvalue weighted by Crippen LogP contribution is 2.34. The SMILES string of the molecule is O=[S+]C(C(F)(F)F)C(F)(F)F. The molecule has 0 N–H and O–H groups in total. The fourth-order valence-corrected chi connectivity index (χ4v) is 0.513. The molecular weight excluding hydrogens is 198 g/mol. The molecule has 0 amide bonds. The molecule has 0 heterocycles. The lowest BCUT2D eigenvalue weighted by molar-refractivity contribution is -0.224. The van der Waals surface area contributed by atoms with E-state index in [0.29, 0.717) is 0 Å². The minimum absolute atomic E-state index is 1.52. The van der Waals surface area contributed by atoms with E-state index in [1.54, 1.807) is 0 Å². The van der Waals surface area contributed by atoms with E-state index in [1.165, 1.54) is 0 Å². The Bertz CT molecular complexity index is 133. The maximum absolute atomic E-state index is 11.3. The van der Waals surface area contributed by atoms with Gasteiger partial charge in [-0.25, -0.2) is 0 Å². The van der Waals surface area contributed by atoms with Crippen molar-refractivity contribution in [2.75, 3.05) is 0 Å². The molecule has 0 unspecified atom stereocenters. The Morgan fingerprint density at radius 3 is 1.18 bits per heavy atom. The summed E-state index contributed by atoms with van der Waals surface area (Å²) in [5.74, 6) is 0. The Morgan fingerprint density at radius 2 is 1.18 bits per heavy atom. The third-order valence-electron chi connectivity index (χ3n) is 0.691. The molecule has 0 bridgehead atoms. The zero-order chi connectivity index (χ0) is 9.28.